The molecule has 0 saturated carbocycles. The van der Waals surface area contributed by atoms with Crippen molar-refractivity contribution in [3.63, 3.8) is 0 Å². The Bertz CT molecular complexity index is 891. The van der Waals surface area contributed by atoms with Crippen molar-refractivity contribution < 1.29 is 28.1 Å². The predicted octanol–water partition coefficient (Wildman–Crippen LogP) is 3.66. The van der Waals surface area contributed by atoms with E-state index in [4.69, 9.17) is 18.9 Å². The lowest BCUT2D eigenvalue weighted by Crippen LogP contribution is -2.44. The number of morpholine rings is 1. The summed E-state index contributed by atoms with van der Waals surface area (Å²) < 4.78 is 35.6. The highest BCUT2D eigenvalue weighted by Gasteiger charge is 2.22. The summed E-state index contributed by atoms with van der Waals surface area (Å²) in [6.45, 7) is 7.05. The molecule has 160 valence electrons. The second kappa shape index (κ2) is 9.12. The lowest BCUT2D eigenvalue weighted by atomic mass is 10.1. The molecular weight excluding hydrogens is 389 g/mol. The molecule has 7 heteroatoms. The van der Waals surface area contributed by atoms with Gasteiger partial charge in [0.05, 0.1) is 24.4 Å². The molecule has 30 heavy (non-hydrogen) atoms. The van der Waals surface area contributed by atoms with E-state index in [2.05, 4.69) is 18.7 Å². The van der Waals surface area contributed by atoms with Gasteiger partial charge in [0.25, 0.3) is 0 Å². The third kappa shape index (κ3) is 4.98. The molecule has 6 nitrogen and oxygen atoms in total. The highest BCUT2D eigenvalue weighted by molar-refractivity contribution is 5.89. The summed E-state index contributed by atoms with van der Waals surface area (Å²) in [4.78, 5) is 14.8. The number of ether oxygens (including phenoxy) is 4. The average Bonchev–Trinajstić information content (AvgIpc) is 2.71. The van der Waals surface area contributed by atoms with Crippen LogP contribution in [0.5, 0.6) is 5.75 Å². The molecule has 4 rings (SSSR count). The Balaban J connectivity index is 1.36. The van der Waals surface area contributed by atoms with Crippen molar-refractivity contribution in [1.82, 2.24) is 4.90 Å². The van der Waals surface area contributed by atoms with Gasteiger partial charge in [-0.05, 0) is 43.7 Å². The van der Waals surface area contributed by atoms with E-state index in [9.17, 15) is 9.18 Å². The maximum absolute atomic E-state index is 13.8. The summed E-state index contributed by atoms with van der Waals surface area (Å²) in [5.41, 5.74) is 2.69. The highest BCUT2D eigenvalue weighted by Crippen LogP contribution is 2.30. The van der Waals surface area contributed by atoms with Crippen molar-refractivity contribution in [3.8, 4) is 5.75 Å². The van der Waals surface area contributed by atoms with Gasteiger partial charge in [-0.3, -0.25) is 4.90 Å². The number of rotatable bonds is 5. The monoisotopic (exact) mass is 415 g/mol. The van der Waals surface area contributed by atoms with Crippen LogP contribution in [0.3, 0.4) is 0 Å². The zero-order valence-corrected chi connectivity index (χ0v) is 17.2. The molecule has 2 aromatic rings. The SMILES string of the molecule is CC1CN(Cc2ccc(C(=O)OCc3cc(F)cc4c3OCOC4)cc2)CC(C)O1. The molecule has 0 amide bonds. The molecule has 0 aliphatic carbocycles. The van der Waals surface area contributed by atoms with Crippen molar-refractivity contribution in [2.75, 3.05) is 19.9 Å². The van der Waals surface area contributed by atoms with Crippen LogP contribution in [0.2, 0.25) is 0 Å². The van der Waals surface area contributed by atoms with Gasteiger partial charge >= 0.3 is 5.97 Å². The number of nitrogens with zero attached hydrogens (tertiary/aromatic N) is 1. The van der Waals surface area contributed by atoms with Crippen molar-refractivity contribution in [2.45, 2.75) is 45.8 Å². The quantitative estimate of drug-likeness (QED) is 0.695. The van der Waals surface area contributed by atoms with Gasteiger partial charge in [-0.25, -0.2) is 9.18 Å². The van der Waals surface area contributed by atoms with E-state index in [0.717, 1.165) is 25.2 Å². The van der Waals surface area contributed by atoms with E-state index < -0.39 is 11.8 Å². The van der Waals surface area contributed by atoms with Gasteiger partial charge in [-0.1, -0.05) is 12.1 Å². The number of hydrogen-bond donors (Lipinski definition) is 0. The first-order valence-corrected chi connectivity index (χ1v) is 10.1. The number of esters is 1. The first kappa shape index (κ1) is 20.8. The molecule has 2 aliphatic heterocycles. The lowest BCUT2D eigenvalue weighted by molar-refractivity contribution is -0.0704. The second-order valence-electron chi connectivity index (χ2n) is 7.89. The lowest BCUT2D eigenvalue weighted by Gasteiger charge is -2.35. The third-order valence-corrected chi connectivity index (χ3v) is 5.20. The molecule has 0 N–H and O–H groups in total. The summed E-state index contributed by atoms with van der Waals surface area (Å²) >= 11 is 0. The molecule has 0 radical (unpaired) electrons. The van der Waals surface area contributed by atoms with Gasteiger partial charge in [0.1, 0.15) is 18.2 Å². The maximum atomic E-state index is 13.8. The zero-order chi connectivity index (χ0) is 21.1. The van der Waals surface area contributed by atoms with Crippen LogP contribution in [0.1, 0.15) is 40.9 Å². The Morgan fingerprint density at radius 3 is 2.63 bits per heavy atom. The molecule has 0 bridgehead atoms. The summed E-state index contributed by atoms with van der Waals surface area (Å²) in [6, 6.07) is 10.1. The van der Waals surface area contributed by atoms with Crippen LogP contribution in [-0.4, -0.2) is 43.0 Å². The van der Waals surface area contributed by atoms with Gasteiger partial charge in [-0.15, -0.1) is 0 Å². The molecule has 2 unspecified atom stereocenters. The van der Waals surface area contributed by atoms with Gasteiger partial charge in [0.2, 0.25) is 0 Å². The number of hydrogen-bond acceptors (Lipinski definition) is 6. The molecule has 0 spiro atoms. The number of carbonyl (C=O) groups excluding carboxylic acids is 1. The first-order chi connectivity index (χ1) is 14.5. The minimum atomic E-state index is -0.458. The topological polar surface area (TPSA) is 57.2 Å². The Kier molecular flexibility index (Phi) is 6.32. The molecule has 1 saturated heterocycles. The van der Waals surface area contributed by atoms with Crippen LogP contribution < -0.4 is 4.74 Å². The summed E-state index contributed by atoms with van der Waals surface area (Å²) in [5, 5.41) is 0. The maximum Gasteiger partial charge on any atom is 0.338 e. The van der Waals surface area contributed by atoms with Crippen LogP contribution >= 0.6 is 0 Å². The van der Waals surface area contributed by atoms with E-state index in [0.29, 0.717) is 22.4 Å². The largest absolute Gasteiger partial charge is 0.467 e. The third-order valence-electron chi connectivity index (χ3n) is 5.20. The summed E-state index contributed by atoms with van der Waals surface area (Å²) in [6.07, 6.45) is 0.430. The molecular formula is C23H26FNO5. The number of carbonyl (C=O) groups is 1. The second-order valence-corrected chi connectivity index (χ2v) is 7.89. The molecule has 0 aromatic heterocycles. The van der Waals surface area contributed by atoms with Crippen LogP contribution in [-0.2, 0) is 34.0 Å². The van der Waals surface area contributed by atoms with E-state index in [1.165, 1.54) is 12.1 Å². The smallest absolute Gasteiger partial charge is 0.338 e. The van der Waals surface area contributed by atoms with Crippen LogP contribution in [0, 0.1) is 5.82 Å². The summed E-state index contributed by atoms with van der Waals surface area (Å²) in [5.74, 6) is -0.343. The first-order valence-electron chi connectivity index (χ1n) is 10.1. The van der Waals surface area contributed by atoms with E-state index >= 15 is 0 Å². The van der Waals surface area contributed by atoms with Crippen molar-refractivity contribution in [2.24, 2.45) is 0 Å². The fraction of sp³-hybridized carbons (Fsp3) is 0.435. The fourth-order valence-electron chi connectivity index (χ4n) is 4.01. The van der Waals surface area contributed by atoms with Crippen molar-refractivity contribution >= 4 is 5.97 Å². The molecule has 1 fully saturated rings. The molecule has 2 aliphatic rings. The van der Waals surface area contributed by atoms with Crippen molar-refractivity contribution in [3.05, 3.63) is 64.5 Å². The number of benzene rings is 2. The average molecular weight is 415 g/mol. The summed E-state index contributed by atoms with van der Waals surface area (Å²) in [7, 11) is 0. The molecule has 2 heterocycles. The standard InChI is InChI=1S/C23H26FNO5/c1-15-9-25(10-16(2)30-15)11-17-3-5-18(6-4-17)23(26)28-13-20-8-21(24)7-19-12-27-14-29-22(19)20/h3-8,15-16H,9-14H2,1-2H3. The number of halogens is 1. The normalized spacial score (nSPS) is 21.6. The van der Waals surface area contributed by atoms with Crippen molar-refractivity contribution in [1.29, 1.82) is 0 Å². The Morgan fingerprint density at radius 2 is 1.90 bits per heavy atom. The minimum Gasteiger partial charge on any atom is -0.467 e. The van der Waals surface area contributed by atoms with Crippen LogP contribution in [0.15, 0.2) is 36.4 Å². The molecule has 2 aromatic carbocycles. The highest BCUT2D eigenvalue weighted by atomic mass is 19.1. The van der Waals surface area contributed by atoms with Gasteiger partial charge in [0.15, 0.2) is 6.79 Å². The number of fused-ring (bicyclic) bond motifs is 1. The fourth-order valence-corrected chi connectivity index (χ4v) is 4.01. The zero-order valence-electron chi connectivity index (χ0n) is 17.2. The Hall–Kier alpha value is -2.48. The molecule has 2 atom stereocenters. The Labute approximate surface area is 175 Å². The van der Waals surface area contributed by atoms with Gasteiger partial charge < -0.3 is 18.9 Å². The Morgan fingerprint density at radius 1 is 1.17 bits per heavy atom. The van der Waals surface area contributed by atoms with Crippen LogP contribution in [0.4, 0.5) is 4.39 Å². The van der Waals surface area contributed by atoms with E-state index in [1.54, 1.807) is 12.1 Å². The minimum absolute atomic E-state index is 0.0652. The van der Waals surface area contributed by atoms with E-state index in [-0.39, 0.29) is 32.2 Å². The van der Waals surface area contributed by atoms with Gasteiger partial charge in [-0.2, -0.15) is 0 Å². The van der Waals surface area contributed by atoms with Gasteiger partial charge in [0, 0.05) is 30.8 Å². The predicted molar refractivity (Wildman–Crippen MR) is 108 cm³/mol. The van der Waals surface area contributed by atoms with Crippen LogP contribution in [0.25, 0.3) is 0 Å². The van der Waals surface area contributed by atoms with E-state index in [1.807, 2.05) is 12.1 Å².